The maximum absolute atomic E-state index is 13.1. The van der Waals surface area contributed by atoms with Gasteiger partial charge in [-0.25, -0.2) is 15.0 Å². The molecule has 3 N–H and O–H groups in total. The minimum absolute atomic E-state index is 0.0526. The average Bonchev–Trinajstić information content (AvgIpc) is 4.31. The van der Waals surface area contributed by atoms with Gasteiger partial charge >= 0.3 is 0 Å². The quantitative estimate of drug-likeness (QED) is 0.0800. The Balaban J connectivity index is 0.000000132. The summed E-state index contributed by atoms with van der Waals surface area (Å²) in [6.45, 7) is 10.2. The van der Waals surface area contributed by atoms with Crippen LogP contribution in [0, 0.1) is 20.8 Å². The summed E-state index contributed by atoms with van der Waals surface area (Å²) in [6.07, 6.45) is 6.35. The van der Waals surface area contributed by atoms with Gasteiger partial charge in [0.15, 0.2) is 5.78 Å². The number of Topliss-reactive ketones (excluding diaryl/α,β-unsaturated/α-hetero) is 1. The first-order valence-corrected chi connectivity index (χ1v) is 26.7. The Labute approximate surface area is 458 Å². The second-order valence-corrected chi connectivity index (χ2v) is 19.8. The predicted octanol–water partition coefficient (Wildman–Crippen LogP) is 13.9. The van der Waals surface area contributed by atoms with Crippen LogP contribution in [0.5, 0.6) is 17.2 Å². The SMILES string of the molecule is COC(c1cccc(OCc2ccccc2)c1C)C1CNc2ncccc21.Cc1c(CC2CNc3ncccc32)cccc1OCc1ccccc1.Cc1c(OCc2ccccc2)cccc1C(=O)C1CNc2ncccc21. The Morgan fingerprint density at radius 3 is 1.55 bits per heavy atom. The summed E-state index contributed by atoms with van der Waals surface area (Å²) in [5.41, 5.74) is 13.4. The van der Waals surface area contributed by atoms with Crippen LogP contribution in [0.4, 0.5) is 17.5 Å². The van der Waals surface area contributed by atoms with Gasteiger partial charge in [0.05, 0.1) is 12.0 Å². The normalized spacial score (nSPS) is 15.7. The monoisotopic (exact) mass is 1030 g/mol. The van der Waals surface area contributed by atoms with Crippen LogP contribution in [0.15, 0.2) is 201 Å². The summed E-state index contributed by atoms with van der Waals surface area (Å²) in [5, 5.41) is 10.0. The lowest BCUT2D eigenvalue weighted by Gasteiger charge is -2.25. The van der Waals surface area contributed by atoms with Gasteiger partial charge in [0.1, 0.15) is 54.5 Å². The highest BCUT2D eigenvalue weighted by atomic mass is 16.5. The highest BCUT2D eigenvalue weighted by molar-refractivity contribution is 6.04. The molecule has 4 unspecified atom stereocenters. The Kier molecular flexibility index (Phi) is 17.1. The van der Waals surface area contributed by atoms with Crippen LogP contribution in [-0.4, -0.2) is 47.5 Å². The Hall–Kier alpha value is -8.80. The number of carbonyl (C=O) groups is 1. The molecule has 0 radical (unpaired) electrons. The second-order valence-electron chi connectivity index (χ2n) is 19.8. The molecule has 0 saturated heterocycles. The lowest BCUT2D eigenvalue weighted by atomic mass is 9.89. The van der Waals surface area contributed by atoms with Gasteiger partial charge in [0, 0.05) is 79.4 Å². The Morgan fingerprint density at radius 1 is 0.487 bits per heavy atom. The molecule has 3 aliphatic heterocycles. The van der Waals surface area contributed by atoms with Crippen molar-refractivity contribution in [1.29, 1.82) is 0 Å². The maximum atomic E-state index is 13.1. The number of fused-ring (bicyclic) bond motifs is 3. The molecule has 9 aromatic rings. The molecular weight excluding hydrogens is 969 g/mol. The minimum atomic E-state index is -0.207. The third-order valence-corrected chi connectivity index (χ3v) is 14.9. The van der Waals surface area contributed by atoms with Gasteiger partial charge in [-0.3, -0.25) is 4.79 Å². The number of anilines is 3. The van der Waals surface area contributed by atoms with Crippen molar-refractivity contribution in [3.8, 4) is 17.2 Å². The summed E-state index contributed by atoms with van der Waals surface area (Å²) < 4.78 is 24.1. The molecule has 0 spiro atoms. The highest BCUT2D eigenvalue weighted by Gasteiger charge is 2.34. The molecule has 78 heavy (non-hydrogen) atoms. The summed E-state index contributed by atoms with van der Waals surface area (Å²) in [6, 6.07) is 60.9. The molecular formula is C67H66N6O5. The van der Waals surface area contributed by atoms with Crippen LogP contribution < -0.4 is 30.2 Å². The van der Waals surface area contributed by atoms with Crippen molar-refractivity contribution in [2.45, 2.75) is 70.9 Å². The molecule has 6 heterocycles. The first-order valence-electron chi connectivity index (χ1n) is 26.7. The number of rotatable bonds is 16. The molecule has 4 atom stereocenters. The summed E-state index contributed by atoms with van der Waals surface area (Å²) >= 11 is 0. The van der Waals surface area contributed by atoms with E-state index in [1.165, 1.54) is 27.8 Å². The molecule has 11 heteroatoms. The number of nitrogens with zero attached hydrogens (tertiary/aromatic N) is 3. The van der Waals surface area contributed by atoms with E-state index in [4.69, 9.17) is 18.9 Å². The Morgan fingerprint density at radius 2 is 0.962 bits per heavy atom. The van der Waals surface area contributed by atoms with Crippen LogP contribution in [0.1, 0.15) is 95.4 Å². The lowest BCUT2D eigenvalue weighted by Crippen LogP contribution is -2.16. The van der Waals surface area contributed by atoms with Crippen molar-refractivity contribution in [2.75, 3.05) is 42.7 Å². The molecule has 6 aromatic carbocycles. The first-order chi connectivity index (χ1) is 38.3. The van der Waals surface area contributed by atoms with E-state index >= 15 is 0 Å². The van der Waals surface area contributed by atoms with Crippen molar-refractivity contribution in [3.05, 3.63) is 267 Å². The average molecular weight is 1040 g/mol. The number of ether oxygens (including phenoxy) is 4. The number of hydrogen-bond donors (Lipinski definition) is 3. The van der Waals surface area contributed by atoms with Crippen LogP contribution in [0.3, 0.4) is 0 Å². The van der Waals surface area contributed by atoms with Crippen molar-refractivity contribution < 1.29 is 23.7 Å². The number of hydrogen-bond acceptors (Lipinski definition) is 11. The number of carbonyl (C=O) groups excluding carboxylic acids is 1. The summed E-state index contributed by atoms with van der Waals surface area (Å²) in [5.74, 6) is 5.99. The second kappa shape index (κ2) is 25.4. The Bertz CT molecular complexity index is 3430. The van der Waals surface area contributed by atoms with E-state index in [2.05, 4.69) is 105 Å². The lowest BCUT2D eigenvalue weighted by molar-refractivity contribution is 0.0829. The van der Waals surface area contributed by atoms with E-state index in [0.717, 1.165) is 87.6 Å². The van der Waals surface area contributed by atoms with Crippen LogP contribution in [-0.2, 0) is 31.0 Å². The fourth-order valence-corrected chi connectivity index (χ4v) is 10.6. The topological polar surface area (TPSA) is 129 Å². The van der Waals surface area contributed by atoms with E-state index in [9.17, 15) is 4.79 Å². The molecule has 0 bridgehead atoms. The molecule has 3 aromatic heterocycles. The molecule has 3 aliphatic rings. The van der Waals surface area contributed by atoms with E-state index in [1.807, 2.05) is 141 Å². The van der Waals surface area contributed by atoms with Gasteiger partial charge in [0.2, 0.25) is 0 Å². The largest absolute Gasteiger partial charge is 0.489 e. The number of ketones is 1. The highest BCUT2D eigenvalue weighted by Crippen LogP contribution is 2.43. The number of nitrogens with one attached hydrogen (secondary N) is 3. The standard InChI is InChI=1S/C23H24N2O2.C22H20N2O2.C22H22N2O/c1-16-18(10-6-12-21(16)27-15-17-8-4-3-5-9-17)22(26-2)20-14-25-23-19(20)11-7-13-24-23;1-15-17(21(25)19-13-24-22-18(19)10-6-12-23-22)9-5-11-20(15)26-14-16-7-3-2-4-8-16;1-16-18(13-19-14-24-22-20(19)10-6-12-23-22)9-5-11-21(16)25-15-17-7-3-2-4-8-17/h3-13,20,22H,14-15H2,1-2H3,(H,24,25);2-12,19H,13-14H2,1H3,(H,23,24);2-12,19H,13-15H2,1H3,(H,23,24). The summed E-state index contributed by atoms with van der Waals surface area (Å²) in [4.78, 5) is 26.3. The van der Waals surface area contributed by atoms with Gasteiger partial charge in [0.25, 0.3) is 0 Å². The zero-order chi connectivity index (χ0) is 53.6. The van der Waals surface area contributed by atoms with Gasteiger partial charge in [-0.1, -0.05) is 146 Å². The smallest absolute Gasteiger partial charge is 0.172 e. The predicted molar refractivity (Wildman–Crippen MR) is 310 cm³/mol. The van der Waals surface area contributed by atoms with E-state index < -0.39 is 0 Å². The van der Waals surface area contributed by atoms with Crippen molar-refractivity contribution in [3.63, 3.8) is 0 Å². The van der Waals surface area contributed by atoms with Gasteiger partial charge in [-0.05, 0) is 108 Å². The zero-order valence-electron chi connectivity index (χ0n) is 44.7. The maximum Gasteiger partial charge on any atom is 0.172 e. The van der Waals surface area contributed by atoms with Gasteiger partial charge in [-0.2, -0.15) is 0 Å². The van der Waals surface area contributed by atoms with E-state index in [-0.39, 0.29) is 23.7 Å². The molecule has 0 amide bonds. The van der Waals surface area contributed by atoms with Crippen LogP contribution in [0.25, 0.3) is 0 Å². The van der Waals surface area contributed by atoms with Gasteiger partial charge in [-0.15, -0.1) is 0 Å². The van der Waals surface area contributed by atoms with E-state index in [1.54, 1.807) is 13.3 Å². The minimum Gasteiger partial charge on any atom is -0.489 e. The molecule has 0 fully saturated rings. The summed E-state index contributed by atoms with van der Waals surface area (Å²) in [7, 11) is 1.77. The van der Waals surface area contributed by atoms with Crippen LogP contribution >= 0.6 is 0 Å². The molecule has 394 valence electrons. The van der Waals surface area contributed by atoms with E-state index in [0.29, 0.717) is 37.8 Å². The van der Waals surface area contributed by atoms with Crippen molar-refractivity contribution in [1.82, 2.24) is 15.0 Å². The fraction of sp³-hybridized carbons (Fsp3) is 0.224. The molecule has 12 rings (SSSR count). The molecule has 0 aliphatic carbocycles. The van der Waals surface area contributed by atoms with Crippen molar-refractivity contribution >= 4 is 23.2 Å². The third-order valence-electron chi connectivity index (χ3n) is 14.9. The molecule has 0 saturated carbocycles. The van der Waals surface area contributed by atoms with Gasteiger partial charge < -0.3 is 34.9 Å². The van der Waals surface area contributed by atoms with Crippen LogP contribution in [0.2, 0.25) is 0 Å². The van der Waals surface area contributed by atoms with Crippen molar-refractivity contribution in [2.24, 2.45) is 0 Å². The fourth-order valence-electron chi connectivity index (χ4n) is 10.6. The third kappa shape index (κ3) is 12.4. The number of aromatic nitrogens is 3. The zero-order valence-corrected chi connectivity index (χ0v) is 44.7. The molecule has 11 nitrogen and oxygen atoms in total. The number of methoxy groups -OCH3 is 1. The number of benzene rings is 6. The first kappa shape index (κ1) is 52.6. The number of pyridine rings is 3.